The summed E-state index contributed by atoms with van der Waals surface area (Å²) < 4.78 is 30.2. The fourth-order valence-corrected chi connectivity index (χ4v) is 3.24. The molecule has 0 unspecified atom stereocenters. The highest BCUT2D eigenvalue weighted by molar-refractivity contribution is 7.20. The quantitative estimate of drug-likeness (QED) is 0.399. The summed E-state index contributed by atoms with van der Waals surface area (Å²) in [5.74, 6) is -0.894. The maximum Gasteiger partial charge on any atom is 0.305 e. The van der Waals surface area contributed by atoms with E-state index < -0.39 is 11.8 Å². The first-order valence-electron chi connectivity index (χ1n) is 7.10. The van der Waals surface area contributed by atoms with Gasteiger partial charge in [-0.2, -0.15) is 0 Å². The average Bonchev–Trinajstić information content (AvgIpc) is 3.02. The fourth-order valence-electron chi connectivity index (χ4n) is 2.10. The maximum absolute atomic E-state index is 14.7. The molecular weight excluding hydrogens is 359 g/mol. The smallest absolute Gasteiger partial charge is 0.305 e. The fraction of sp³-hybridized carbons (Fsp3) is 0.375. The van der Waals surface area contributed by atoms with E-state index in [1.54, 1.807) is 6.07 Å². The first-order valence-corrected chi connectivity index (χ1v) is 8.45. The molecule has 8 heteroatoms. The van der Waals surface area contributed by atoms with Gasteiger partial charge in [-0.1, -0.05) is 0 Å². The molecule has 24 heavy (non-hydrogen) atoms. The number of hydrogen-bond acceptors (Lipinski definition) is 6. The topological polar surface area (TPSA) is 61.8 Å². The Hall–Kier alpha value is -1.86. The van der Waals surface area contributed by atoms with Crippen LogP contribution in [-0.4, -0.2) is 38.5 Å². The number of rotatable bonds is 8. The van der Waals surface area contributed by atoms with Crippen LogP contribution in [0.3, 0.4) is 0 Å². The molecule has 1 heterocycles. The molecule has 1 aromatic heterocycles. The third kappa shape index (κ3) is 3.96. The lowest BCUT2D eigenvalue weighted by Crippen LogP contribution is -2.04. The van der Waals surface area contributed by atoms with Crippen molar-refractivity contribution < 1.29 is 28.2 Å². The van der Waals surface area contributed by atoms with Gasteiger partial charge in [-0.25, -0.2) is 4.39 Å². The molecule has 0 aliphatic rings. The van der Waals surface area contributed by atoms with Gasteiger partial charge < -0.3 is 14.2 Å². The van der Waals surface area contributed by atoms with E-state index in [0.717, 1.165) is 11.3 Å². The number of ether oxygens (including phenoxy) is 3. The summed E-state index contributed by atoms with van der Waals surface area (Å²) >= 11 is 6.70. The standard InChI is InChI=1S/C16H16ClFO5S/c1-21-11-8-12-9(15(18)16(11)23-6-5-17)7-13(24-12)10(19)3-4-14(20)22-2/h7-8H,3-6H2,1-2H3. The Balaban J connectivity index is 2.34. The van der Waals surface area contributed by atoms with Crippen LogP contribution in [0.1, 0.15) is 22.5 Å². The predicted octanol–water partition coefficient (Wildman–Crippen LogP) is 3.80. The molecule has 1 aromatic carbocycles. The van der Waals surface area contributed by atoms with E-state index >= 15 is 0 Å². The van der Waals surface area contributed by atoms with Crippen LogP contribution in [0.5, 0.6) is 11.5 Å². The lowest BCUT2D eigenvalue weighted by atomic mass is 10.1. The molecule has 0 fully saturated rings. The summed E-state index contributed by atoms with van der Waals surface area (Å²) in [6, 6.07) is 3.08. The molecule has 0 amide bonds. The number of halogens is 2. The van der Waals surface area contributed by atoms with Gasteiger partial charge in [0.05, 0.1) is 31.4 Å². The third-order valence-electron chi connectivity index (χ3n) is 3.28. The van der Waals surface area contributed by atoms with Crippen molar-refractivity contribution in [3.05, 3.63) is 22.8 Å². The van der Waals surface area contributed by atoms with Crippen molar-refractivity contribution in [1.82, 2.24) is 0 Å². The SMILES string of the molecule is COC(=O)CCC(=O)c1cc2c(F)c(OCCCl)c(OC)cc2s1. The molecule has 0 saturated carbocycles. The summed E-state index contributed by atoms with van der Waals surface area (Å²) in [7, 11) is 2.67. The summed E-state index contributed by atoms with van der Waals surface area (Å²) in [5.41, 5.74) is 0. The predicted molar refractivity (Wildman–Crippen MR) is 90.1 cm³/mol. The molecule has 0 N–H and O–H groups in total. The third-order valence-corrected chi connectivity index (χ3v) is 4.56. The van der Waals surface area contributed by atoms with E-state index in [1.165, 1.54) is 20.3 Å². The summed E-state index contributed by atoms with van der Waals surface area (Å²) in [6.45, 7) is 0.134. The van der Waals surface area contributed by atoms with Gasteiger partial charge in [-0.15, -0.1) is 22.9 Å². The Kier molecular flexibility index (Phi) is 6.39. The van der Waals surface area contributed by atoms with Crippen LogP contribution in [0.15, 0.2) is 12.1 Å². The number of hydrogen-bond donors (Lipinski definition) is 0. The van der Waals surface area contributed by atoms with Crippen LogP contribution in [0.25, 0.3) is 10.1 Å². The van der Waals surface area contributed by atoms with E-state index in [4.69, 9.17) is 21.1 Å². The summed E-state index contributed by atoms with van der Waals surface area (Å²) in [5, 5.41) is 0.270. The Bertz CT molecular complexity index is 758. The minimum Gasteiger partial charge on any atom is -0.493 e. The van der Waals surface area contributed by atoms with Gasteiger partial charge in [0.15, 0.2) is 23.1 Å². The Morgan fingerprint density at radius 2 is 2.00 bits per heavy atom. The molecule has 0 aliphatic heterocycles. The zero-order chi connectivity index (χ0) is 17.7. The Morgan fingerprint density at radius 3 is 2.62 bits per heavy atom. The number of esters is 1. The minimum atomic E-state index is -0.599. The number of alkyl halides is 1. The highest BCUT2D eigenvalue weighted by Crippen LogP contribution is 2.40. The molecule has 2 rings (SSSR count). The number of Topliss-reactive ketones (excluding diaryl/α,β-unsaturated/α-hetero) is 1. The highest BCUT2D eigenvalue weighted by atomic mass is 35.5. The average molecular weight is 375 g/mol. The van der Waals surface area contributed by atoms with E-state index in [2.05, 4.69) is 4.74 Å². The molecule has 0 bridgehead atoms. The van der Waals surface area contributed by atoms with Crippen molar-refractivity contribution in [2.45, 2.75) is 12.8 Å². The number of ketones is 1. The van der Waals surface area contributed by atoms with Gasteiger partial charge in [-0.05, 0) is 6.07 Å². The zero-order valence-corrected chi connectivity index (χ0v) is 14.8. The normalized spacial score (nSPS) is 10.7. The number of fused-ring (bicyclic) bond motifs is 1. The zero-order valence-electron chi connectivity index (χ0n) is 13.2. The molecule has 2 aromatic rings. The van der Waals surface area contributed by atoms with Crippen LogP contribution in [0.2, 0.25) is 0 Å². The summed E-state index contributed by atoms with van der Waals surface area (Å²) in [6.07, 6.45) is -0.00663. The maximum atomic E-state index is 14.7. The number of carbonyl (C=O) groups is 2. The largest absolute Gasteiger partial charge is 0.493 e. The van der Waals surface area contributed by atoms with Crippen LogP contribution < -0.4 is 9.47 Å². The van der Waals surface area contributed by atoms with Crippen molar-refractivity contribution in [3.63, 3.8) is 0 Å². The van der Waals surface area contributed by atoms with Crippen LogP contribution in [-0.2, 0) is 9.53 Å². The number of methoxy groups -OCH3 is 2. The monoisotopic (exact) mass is 374 g/mol. The molecule has 0 spiro atoms. The van der Waals surface area contributed by atoms with Gasteiger partial charge in [0, 0.05) is 22.6 Å². The molecular formula is C16H16ClFO5S. The first-order chi connectivity index (χ1) is 11.5. The number of carbonyl (C=O) groups excluding carboxylic acids is 2. The molecule has 0 radical (unpaired) electrons. The van der Waals surface area contributed by atoms with E-state index in [0.29, 0.717) is 9.58 Å². The summed E-state index contributed by atoms with van der Waals surface area (Å²) in [4.78, 5) is 23.7. The Labute approximate surface area is 147 Å². The van der Waals surface area contributed by atoms with E-state index in [9.17, 15) is 14.0 Å². The van der Waals surface area contributed by atoms with Gasteiger partial charge in [0.2, 0.25) is 0 Å². The van der Waals surface area contributed by atoms with Crippen LogP contribution in [0.4, 0.5) is 4.39 Å². The minimum absolute atomic E-state index is 0.00779. The van der Waals surface area contributed by atoms with Gasteiger partial charge in [-0.3, -0.25) is 9.59 Å². The molecule has 0 atom stereocenters. The van der Waals surface area contributed by atoms with Crippen molar-refractivity contribution in [3.8, 4) is 11.5 Å². The Morgan fingerprint density at radius 1 is 1.25 bits per heavy atom. The van der Waals surface area contributed by atoms with Gasteiger partial charge in [0.25, 0.3) is 0 Å². The van der Waals surface area contributed by atoms with E-state index in [-0.39, 0.29) is 48.0 Å². The van der Waals surface area contributed by atoms with Gasteiger partial charge in [0.1, 0.15) is 6.61 Å². The van der Waals surface area contributed by atoms with Crippen LogP contribution >= 0.6 is 22.9 Å². The number of benzene rings is 1. The molecule has 0 saturated heterocycles. The highest BCUT2D eigenvalue weighted by Gasteiger charge is 2.20. The van der Waals surface area contributed by atoms with Crippen molar-refractivity contribution in [2.75, 3.05) is 26.7 Å². The van der Waals surface area contributed by atoms with Crippen molar-refractivity contribution in [1.29, 1.82) is 0 Å². The molecule has 0 aliphatic carbocycles. The lowest BCUT2D eigenvalue weighted by Gasteiger charge is -2.11. The first kappa shape index (κ1) is 18.5. The van der Waals surface area contributed by atoms with E-state index in [1.807, 2.05) is 0 Å². The second kappa shape index (κ2) is 8.30. The second-order valence-corrected chi connectivity index (χ2v) is 6.24. The lowest BCUT2D eigenvalue weighted by molar-refractivity contribution is -0.140. The van der Waals surface area contributed by atoms with Crippen molar-refractivity contribution in [2.24, 2.45) is 0 Å². The van der Waals surface area contributed by atoms with Gasteiger partial charge >= 0.3 is 5.97 Å². The number of thiophene rings is 1. The second-order valence-electron chi connectivity index (χ2n) is 4.78. The van der Waals surface area contributed by atoms with Crippen molar-refractivity contribution >= 4 is 44.8 Å². The molecule has 130 valence electrons. The molecule has 5 nitrogen and oxygen atoms in total. The van der Waals surface area contributed by atoms with Crippen LogP contribution in [0, 0.1) is 5.82 Å².